The molecule has 0 aromatic heterocycles. The topological polar surface area (TPSA) is 0 Å². The quantitative estimate of drug-likeness (QED) is 0.105. The molecule has 14 aromatic carbocycles. The number of benzene rings is 14. The summed E-state index contributed by atoms with van der Waals surface area (Å²) >= 11 is 0. The molecule has 0 bridgehead atoms. The van der Waals surface area contributed by atoms with E-state index in [4.69, 9.17) is 0 Å². The monoisotopic (exact) mass is 1010 g/mol. The van der Waals surface area contributed by atoms with Crippen molar-refractivity contribution in [2.45, 2.75) is 26.2 Å². The van der Waals surface area contributed by atoms with E-state index < -0.39 is 0 Å². The molecule has 0 nitrogen and oxygen atoms in total. The predicted octanol–water partition coefficient (Wildman–Crippen LogP) is 18.6. The summed E-state index contributed by atoms with van der Waals surface area (Å²) in [6, 6.07) is 83.4. The van der Waals surface area contributed by atoms with E-state index in [1.54, 1.807) is 0 Å². The van der Waals surface area contributed by atoms with Gasteiger partial charge in [0.25, 0.3) is 0 Å². The van der Waals surface area contributed by atoms with Gasteiger partial charge in [0.2, 0.25) is 0 Å². The molecule has 368 valence electrons. The zero-order valence-electron chi connectivity index (χ0n) is 44.5. The van der Waals surface area contributed by atoms with Crippen molar-refractivity contribution in [3.63, 3.8) is 0 Å². The second kappa shape index (κ2) is 19.7. The molecule has 0 unspecified atom stereocenters. The minimum absolute atomic E-state index is 0.265. The fourth-order valence-electron chi connectivity index (χ4n) is 11.5. The highest BCUT2D eigenvalue weighted by molar-refractivity contribution is 6.29. The van der Waals surface area contributed by atoms with Crippen LogP contribution < -0.4 is 0 Å². The first-order valence-electron chi connectivity index (χ1n) is 27.2. The smallest absolute Gasteiger partial charge is 0.0491 e. The van der Waals surface area contributed by atoms with Crippen molar-refractivity contribution in [3.05, 3.63) is 298 Å². The van der Waals surface area contributed by atoms with E-state index in [0.717, 1.165) is 147 Å². The second-order valence-corrected chi connectivity index (χ2v) is 21.5. The van der Waals surface area contributed by atoms with E-state index in [9.17, 15) is 0 Å². The zero-order valence-corrected chi connectivity index (χ0v) is 44.5. The van der Waals surface area contributed by atoms with E-state index in [1.807, 2.05) is 0 Å². The minimum Gasteiger partial charge on any atom is -0.0616 e. The molecule has 0 aliphatic rings. The minimum atomic E-state index is -0.265. The lowest BCUT2D eigenvalue weighted by Gasteiger charge is -2.24. The maximum absolute atomic E-state index is 3.88. The van der Waals surface area contributed by atoms with Gasteiger partial charge in [-0.1, -0.05) is 262 Å². The molecule has 0 fully saturated rings. The Kier molecular flexibility index (Phi) is 11.7. The standard InChI is InChI=1S/C80H48/c1-80(2,3)64-51-76-72(47-43-62-32-17-27-57-22-7-12-37-68(57)62)70(45-41-60-30-15-25-55-20-5-10-35-66(55)60)74-49-53(39-40-59-29-14-24-54-19-4-9-34-65(54)59)50-75-71(46-42-61-31-16-26-56-21-6-11-36-67(56)61)73(77(52-64)79(76)78(74)75)48-44-63-33-18-28-58-23-8-13-38-69(58)63/h4-38,49-52H,1-3H3. The Labute approximate surface area is 466 Å². The van der Waals surface area contributed by atoms with Crippen molar-refractivity contribution in [2.75, 3.05) is 0 Å². The van der Waals surface area contributed by atoms with Crippen molar-refractivity contribution >= 4 is 86.2 Å². The van der Waals surface area contributed by atoms with Crippen molar-refractivity contribution in [3.8, 4) is 59.2 Å². The molecule has 0 heterocycles. The van der Waals surface area contributed by atoms with E-state index in [-0.39, 0.29) is 5.41 Å². The van der Waals surface area contributed by atoms with E-state index in [2.05, 4.69) is 317 Å². The number of fused-ring (bicyclic) bond motifs is 5. The molecule has 0 saturated heterocycles. The lowest BCUT2D eigenvalue weighted by molar-refractivity contribution is 0.591. The van der Waals surface area contributed by atoms with E-state index in [1.165, 1.54) is 0 Å². The van der Waals surface area contributed by atoms with Crippen molar-refractivity contribution in [2.24, 2.45) is 0 Å². The van der Waals surface area contributed by atoms with Crippen molar-refractivity contribution < 1.29 is 0 Å². The maximum Gasteiger partial charge on any atom is 0.0491 e. The van der Waals surface area contributed by atoms with Crippen LogP contribution >= 0.6 is 0 Å². The fraction of sp³-hybridized carbons (Fsp3) is 0.0500. The van der Waals surface area contributed by atoms with Crippen LogP contribution in [-0.4, -0.2) is 0 Å². The molecular formula is C80H48. The van der Waals surface area contributed by atoms with Gasteiger partial charge < -0.3 is 0 Å². The first-order valence-corrected chi connectivity index (χ1v) is 27.2. The summed E-state index contributed by atoms with van der Waals surface area (Å²) in [7, 11) is 0. The van der Waals surface area contributed by atoms with Gasteiger partial charge in [-0.2, -0.15) is 0 Å². The van der Waals surface area contributed by atoms with Crippen molar-refractivity contribution in [1.29, 1.82) is 0 Å². The first-order chi connectivity index (χ1) is 39.3. The summed E-state index contributed by atoms with van der Waals surface area (Å²) in [5, 5.41) is 17.3. The van der Waals surface area contributed by atoms with Gasteiger partial charge in [-0.15, -0.1) is 0 Å². The summed E-state index contributed by atoms with van der Waals surface area (Å²) in [6.07, 6.45) is 0. The van der Waals surface area contributed by atoms with Crippen LogP contribution in [0.25, 0.3) is 86.2 Å². The zero-order chi connectivity index (χ0) is 53.7. The second-order valence-electron chi connectivity index (χ2n) is 21.5. The lowest BCUT2D eigenvalue weighted by Crippen LogP contribution is -2.12. The number of rotatable bonds is 0. The van der Waals surface area contributed by atoms with Gasteiger partial charge in [-0.3, -0.25) is 0 Å². The average Bonchev–Trinajstić information content (AvgIpc) is 2.66. The molecule has 0 saturated carbocycles. The van der Waals surface area contributed by atoms with Crippen LogP contribution in [0.2, 0.25) is 0 Å². The molecule has 0 atom stereocenters. The molecule has 0 radical (unpaired) electrons. The van der Waals surface area contributed by atoms with Crippen LogP contribution in [0, 0.1) is 59.2 Å². The van der Waals surface area contributed by atoms with E-state index in [0.29, 0.717) is 0 Å². The third kappa shape index (κ3) is 8.59. The highest BCUT2D eigenvalue weighted by Gasteiger charge is 2.25. The summed E-state index contributed by atoms with van der Waals surface area (Å²) in [4.78, 5) is 0. The van der Waals surface area contributed by atoms with Crippen LogP contribution in [0.15, 0.2) is 237 Å². The van der Waals surface area contributed by atoms with Crippen LogP contribution in [-0.2, 0) is 5.41 Å². The summed E-state index contributed by atoms with van der Waals surface area (Å²) in [6.45, 7) is 6.85. The third-order valence-electron chi connectivity index (χ3n) is 15.5. The SMILES string of the molecule is CC(C)(C)c1cc2c(C#Cc3cccc4ccccc34)c(C#Cc3cccc4ccccc34)c3cc(C#Cc4cccc5ccccc45)cc4c(C#Cc5cccc6ccccc56)c(C#Cc5cccc6ccccc56)c(c1)c2c34. The molecule has 0 spiro atoms. The Balaban J connectivity index is 1.18. The summed E-state index contributed by atoms with van der Waals surface area (Å²) in [5.41, 5.74) is 9.87. The third-order valence-corrected chi connectivity index (χ3v) is 15.5. The maximum atomic E-state index is 3.88. The Hall–Kier alpha value is -10.8. The number of hydrogen-bond acceptors (Lipinski definition) is 0. The lowest BCUT2D eigenvalue weighted by atomic mass is 9.78. The molecule has 0 heteroatoms. The van der Waals surface area contributed by atoms with E-state index >= 15 is 0 Å². The summed E-state index contributed by atoms with van der Waals surface area (Å²) < 4.78 is 0. The van der Waals surface area contributed by atoms with Crippen molar-refractivity contribution in [1.82, 2.24) is 0 Å². The fourth-order valence-corrected chi connectivity index (χ4v) is 11.5. The first kappa shape index (κ1) is 47.7. The molecule has 80 heavy (non-hydrogen) atoms. The molecule has 14 rings (SSSR count). The molecular weight excluding hydrogens is 961 g/mol. The van der Waals surface area contributed by atoms with Gasteiger partial charge in [0.05, 0.1) is 0 Å². The largest absolute Gasteiger partial charge is 0.0616 e. The Morgan fingerprint density at radius 3 is 0.738 bits per heavy atom. The van der Waals surface area contributed by atoms with Crippen LogP contribution in [0.4, 0.5) is 0 Å². The molecule has 0 aliphatic carbocycles. The average molecular weight is 1010 g/mol. The molecule has 14 aromatic rings. The Morgan fingerprint density at radius 2 is 0.463 bits per heavy atom. The van der Waals surface area contributed by atoms with Gasteiger partial charge in [0.1, 0.15) is 0 Å². The molecule has 0 amide bonds. The predicted molar refractivity (Wildman–Crippen MR) is 338 cm³/mol. The Bertz CT molecular complexity index is 4950. The molecule has 0 aliphatic heterocycles. The van der Waals surface area contributed by atoms with Gasteiger partial charge in [0.15, 0.2) is 0 Å². The highest BCUT2D eigenvalue weighted by Crippen LogP contribution is 2.45. The van der Waals surface area contributed by atoms with Gasteiger partial charge in [-0.25, -0.2) is 0 Å². The number of hydrogen-bond donors (Lipinski definition) is 0. The van der Waals surface area contributed by atoms with Gasteiger partial charge in [-0.05, 0) is 119 Å². The van der Waals surface area contributed by atoms with Crippen LogP contribution in [0.5, 0.6) is 0 Å². The van der Waals surface area contributed by atoms with Gasteiger partial charge >= 0.3 is 0 Å². The normalized spacial score (nSPS) is 11.2. The Morgan fingerprint density at radius 1 is 0.225 bits per heavy atom. The molecule has 0 N–H and O–H groups in total. The highest BCUT2D eigenvalue weighted by atomic mass is 14.3. The summed E-state index contributed by atoms with van der Waals surface area (Å²) in [5.74, 6) is 37.8. The van der Waals surface area contributed by atoms with Gasteiger partial charge in [0, 0.05) is 88.0 Å². The van der Waals surface area contributed by atoms with Crippen LogP contribution in [0.1, 0.15) is 82.0 Å². The van der Waals surface area contributed by atoms with Crippen LogP contribution in [0.3, 0.4) is 0 Å².